The molecule has 2 saturated carbocycles. The Balaban J connectivity index is 1.81. The van der Waals surface area contributed by atoms with Crippen molar-refractivity contribution in [3.8, 4) is 0 Å². The summed E-state index contributed by atoms with van der Waals surface area (Å²) in [6, 6.07) is 0. The third-order valence-electron chi connectivity index (χ3n) is 4.93. The monoisotopic (exact) mass is 219 g/mol. The van der Waals surface area contributed by atoms with E-state index in [1.54, 1.807) is 0 Å². The second-order valence-electron chi connectivity index (χ2n) is 5.72. The van der Waals surface area contributed by atoms with E-state index >= 15 is 0 Å². The largest absolute Gasteiger partial charge is 0.316 e. The van der Waals surface area contributed by atoms with Gasteiger partial charge in [0.05, 0.1) is 0 Å². The molecule has 0 aromatic rings. The van der Waals surface area contributed by atoms with Gasteiger partial charge in [-0.1, -0.05) is 19.9 Å². The van der Waals surface area contributed by atoms with E-state index < -0.39 is 0 Å². The van der Waals surface area contributed by atoms with Crippen LogP contribution in [0.1, 0.15) is 39.0 Å². The van der Waals surface area contributed by atoms with Gasteiger partial charge in [0.1, 0.15) is 0 Å². The molecule has 0 radical (unpaired) electrons. The quantitative estimate of drug-likeness (QED) is 0.714. The molecule has 2 heteroatoms. The molecule has 0 aromatic carbocycles. The number of hydrogen-bond acceptors (Lipinski definition) is 1. The molecule has 1 heterocycles. The van der Waals surface area contributed by atoms with Crippen LogP contribution in [0, 0.1) is 23.7 Å². The summed E-state index contributed by atoms with van der Waals surface area (Å²) in [5.41, 5.74) is 1.15. The molecule has 2 nitrogen and oxygen atoms in total. The molecule has 2 aliphatic carbocycles. The Bertz CT molecular complexity index is 308. The Kier molecular flexibility index (Phi) is 2.34. The number of carbonyl (C=O) groups is 1. The second kappa shape index (κ2) is 3.61. The SMILES string of the molecule is C=C1C2C3CCC(C3)C2C(=O)N1CCCC. The predicted molar refractivity (Wildman–Crippen MR) is 63.6 cm³/mol. The van der Waals surface area contributed by atoms with Crippen molar-refractivity contribution in [2.75, 3.05) is 6.54 Å². The van der Waals surface area contributed by atoms with Crippen molar-refractivity contribution in [2.24, 2.45) is 23.7 Å². The van der Waals surface area contributed by atoms with E-state index in [-0.39, 0.29) is 0 Å². The molecule has 0 aromatic heterocycles. The number of rotatable bonds is 3. The van der Waals surface area contributed by atoms with Crippen LogP contribution in [0.5, 0.6) is 0 Å². The maximum Gasteiger partial charge on any atom is 0.230 e. The van der Waals surface area contributed by atoms with Crippen molar-refractivity contribution >= 4 is 5.91 Å². The van der Waals surface area contributed by atoms with E-state index in [9.17, 15) is 4.79 Å². The first-order valence-electron chi connectivity index (χ1n) is 6.74. The Morgan fingerprint density at radius 2 is 2.00 bits per heavy atom. The summed E-state index contributed by atoms with van der Waals surface area (Å²) < 4.78 is 0. The number of likely N-dealkylation sites (tertiary alicyclic amines) is 1. The normalized spacial score (nSPS) is 40.9. The summed E-state index contributed by atoms with van der Waals surface area (Å²) in [7, 11) is 0. The number of unbranched alkanes of at least 4 members (excludes halogenated alkanes) is 1. The molecule has 3 rings (SSSR count). The van der Waals surface area contributed by atoms with E-state index in [2.05, 4.69) is 13.5 Å². The van der Waals surface area contributed by atoms with E-state index in [1.807, 2.05) is 4.90 Å². The lowest BCUT2D eigenvalue weighted by Gasteiger charge is -2.22. The van der Waals surface area contributed by atoms with Crippen molar-refractivity contribution in [3.05, 3.63) is 12.3 Å². The van der Waals surface area contributed by atoms with Crippen LogP contribution in [0.15, 0.2) is 12.3 Å². The minimum Gasteiger partial charge on any atom is -0.316 e. The highest BCUT2D eigenvalue weighted by atomic mass is 16.2. The number of hydrogen-bond donors (Lipinski definition) is 0. The van der Waals surface area contributed by atoms with E-state index in [0.717, 1.165) is 31.0 Å². The summed E-state index contributed by atoms with van der Waals surface area (Å²) in [6.45, 7) is 7.28. The van der Waals surface area contributed by atoms with Gasteiger partial charge >= 0.3 is 0 Å². The van der Waals surface area contributed by atoms with Gasteiger partial charge in [0.15, 0.2) is 0 Å². The zero-order valence-corrected chi connectivity index (χ0v) is 10.1. The molecule has 0 N–H and O–H groups in total. The van der Waals surface area contributed by atoms with Gasteiger partial charge < -0.3 is 4.90 Å². The fraction of sp³-hybridized carbons (Fsp3) is 0.786. The first-order chi connectivity index (χ1) is 7.74. The highest BCUT2D eigenvalue weighted by Crippen LogP contribution is 2.58. The third-order valence-corrected chi connectivity index (χ3v) is 4.93. The Hall–Kier alpha value is -0.790. The average Bonchev–Trinajstić information content (AvgIpc) is 2.92. The van der Waals surface area contributed by atoms with Crippen molar-refractivity contribution in [1.82, 2.24) is 4.90 Å². The van der Waals surface area contributed by atoms with Gasteiger partial charge in [-0.25, -0.2) is 0 Å². The molecule has 1 amide bonds. The number of carbonyl (C=O) groups excluding carboxylic acids is 1. The van der Waals surface area contributed by atoms with Gasteiger partial charge in [-0.3, -0.25) is 4.79 Å². The molecule has 1 saturated heterocycles. The van der Waals surface area contributed by atoms with Crippen LogP contribution in [0.25, 0.3) is 0 Å². The van der Waals surface area contributed by atoms with Crippen molar-refractivity contribution in [1.29, 1.82) is 0 Å². The molecular weight excluding hydrogens is 198 g/mol. The number of fused-ring (bicyclic) bond motifs is 5. The fourth-order valence-electron chi connectivity index (χ4n) is 4.20. The maximum absolute atomic E-state index is 12.4. The third kappa shape index (κ3) is 1.22. The zero-order chi connectivity index (χ0) is 11.3. The van der Waals surface area contributed by atoms with E-state index in [0.29, 0.717) is 23.7 Å². The summed E-state index contributed by atoms with van der Waals surface area (Å²) in [5.74, 6) is 2.70. The lowest BCUT2D eigenvalue weighted by atomic mass is 9.80. The van der Waals surface area contributed by atoms with Gasteiger partial charge in [0.25, 0.3) is 0 Å². The molecule has 4 unspecified atom stereocenters. The van der Waals surface area contributed by atoms with Crippen LogP contribution < -0.4 is 0 Å². The molecule has 88 valence electrons. The number of nitrogens with zero attached hydrogens (tertiary/aromatic N) is 1. The van der Waals surface area contributed by atoms with Crippen LogP contribution in [-0.2, 0) is 4.79 Å². The van der Waals surface area contributed by atoms with Crippen molar-refractivity contribution in [3.63, 3.8) is 0 Å². The van der Waals surface area contributed by atoms with Crippen LogP contribution in [0.3, 0.4) is 0 Å². The average molecular weight is 219 g/mol. The summed E-state index contributed by atoms with van der Waals surface area (Å²) >= 11 is 0. The lowest BCUT2D eigenvalue weighted by molar-refractivity contribution is -0.131. The predicted octanol–water partition coefficient (Wildman–Crippen LogP) is 2.80. The van der Waals surface area contributed by atoms with Gasteiger partial charge in [-0.05, 0) is 37.5 Å². The highest BCUT2D eigenvalue weighted by Gasteiger charge is 2.57. The molecule has 3 aliphatic rings. The zero-order valence-electron chi connectivity index (χ0n) is 10.1. The van der Waals surface area contributed by atoms with Crippen molar-refractivity contribution < 1.29 is 4.79 Å². The number of allylic oxidation sites excluding steroid dienone is 1. The lowest BCUT2D eigenvalue weighted by Crippen LogP contribution is -2.29. The fourth-order valence-corrected chi connectivity index (χ4v) is 4.20. The molecule has 4 atom stereocenters. The summed E-state index contributed by atoms with van der Waals surface area (Å²) in [5, 5.41) is 0. The van der Waals surface area contributed by atoms with Crippen LogP contribution in [0.2, 0.25) is 0 Å². The summed E-state index contributed by atoms with van der Waals surface area (Å²) in [4.78, 5) is 14.4. The van der Waals surface area contributed by atoms with Crippen LogP contribution in [-0.4, -0.2) is 17.4 Å². The van der Waals surface area contributed by atoms with Crippen molar-refractivity contribution in [2.45, 2.75) is 39.0 Å². The smallest absolute Gasteiger partial charge is 0.230 e. The first-order valence-corrected chi connectivity index (χ1v) is 6.74. The molecular formula is C14H21NO. The van der Waals surface area contributed by atoms with Gasteiger partial charge in [0, 0.05) is 24.1 Å². The molecule has 0 spiro atoms. The molecule has 16 heavy (non-hydrogen) atoms. The molecule has 3 fully saturated rings. The minimum absolute atomic E-state index is 0.322. The van der Waals surface area contributed by atoms with Gasteiger partial charge in [0.2, 0.25) is 5.91 Å². The highest BCUT2D eigenvalue weighted by molar-refractivity contribution is 5.85. The minimum atomic E-state index is 0.322. The van der Waals surface area contributed by atoms with E-state index in [1.165, 1.54) is 19.3 Å². The Labute approximate surface area is 97.7 Å². The maximum atomic E-state index is 12.4. The van der Waals surface area contributed by atoms with Gasteiger partial charge in [-0.15, -0.1) is 0 Å². The molecule has 1 aliphatic heterocycles. The van der Waals surface area contributed by atoms with Gasteiger partial charge in [-0.2, -0.15) is 0 Å². The van der Waals surface area contributed by atoms with E-state index in [4.69, 9.17) is 0 Å². The Morgan fingerprint density at radius 3 is 2.62 bits per heavy atom. The van der Waals surface area contributed by atoms with Crippen LogP contribution in [0.4, 0.5) is 0 Å². The number of amides is 1. The summed E-state index contributed by atoms with van der Waals surface area (Å²) in [6.07, 6.45) is 6.17. The topological polar surface area (TPSA) is 20.3 Å². The second-order valence-corrected chi connectivity index (χ2v) is 5.72. The first kappa shape index (κ1) is 10.4. The standard InChI is InChI=1S/C14H21NO/c1-3-4-7-15-9(2)12-10-5-6-11(8-10)13(12)14(15)16/h10-13H,2-8H2,1H3. The Morgan fingerprint density at radius 1 is 1.31 bits per heavy atom. The van der Waals surface area contributed by atoms with Crippen LogP contribution >= 0.6 is 0 Å². The molecule has 2 bridgehead atoms.